The monoisotopic (exact) mass is 387 g/mol. The molecule has 0 spiro atoms. The Morgan fingerprint density at radius 1 is 1.03 bits per heavy atom. The van der Waals surface area contributed by atoms with Gasteiger partial charge in [0, 0.05) is 12.1 Å². The van der Waals surface area contributed by atoms with Gasteiger partial charge in [-0.2, -0.15) is 0 Å². The van der Waals surface area contributed by atoms with Gasteiger partial charge in [-0.1, -0.05) is 54.6 Å². The van der Waals surface area contributed by atoms with Gasteiger partial charge in [0.25, 0.3) is 0 Å². The first-order chi connectivity index (χ1) is 14.2. The summed E-state index contributed by atoms with van der Waals surface area (Å²) < 4.78 is 5.08. The predicted molar refractivity (Wildman–Crippen MR) is 118 cm³/mol. The minimum Gasteiger partial charge on any atom is -0.462 e. The highest BCUT2D eigenvalue weighted by molar-refractivity contribution is 5.89. The van der Waals surface area contributed by atoms with Crippen molar-refractivity contribution in [2.24, 2.45) is 0 Å². The number of hydrogen-bond acceptors (Lipinski definition) is 3. The molecule has 0 heterocycles. The lowest BCUT2D eigenvalue weighted by Gasteiger charge is -2.21. The van der Waals surface area contributed by atoms with Gasteiger partial charge in [0.05, 0.1) is 12.2 Å². The minimum absolute atomic E-state index is 0.242. The van der Waals surface area contributed by atoms with E-state index >= 15 is 0 Å². The number of esters is 1. The third kappa shape index (κ3) is 4.35. The second-order valence-electron chi connectivity index (χ2n) is 8.01. The first-order valence-corrected chi connectivity index (χ1v) is 10.7. The van der Waals surface area contributed by atoms with Crippen molar-refractivity contribution in [3.8, 4) is 0 Å². The zero-order chi connectivity index (χ0) is 20.2. The molecule has 3 nitrogen and oxygen atoms in total. The number of carbonyl (C=O) groups excluding carboxylic acids is 1. The topological polar surface area (TPSA) is 38.3 Å². The number of rotatable bonds is 6. The van der Waals surface area contributed by atoms with E-state index in [1.807, 2.05) is 19.1 Å². The molecule has 0 aromatic heterocycles. The fourth-order valence-corrected chi connectivity index (χ4v) is 4.61. The number of ether oxygens (including phenoxy) is 1. The van der Waals surface area contributed by atoms with E-state index in [4.69, 9.17) is 4.74 Å². The van der Waals surface area contributed by atoms with E-state index in [9.17, 15) is 4.79 Å². The van der Waals surface area contributed by atoms with Gasteiger partial charge in [-0.15, -0.1) is 0 Å². The summed E-state index contributed by atoms with van der Waals surface area (Å²) in [6.07, 6.45) is 3.49. The molecule has 150 valence electrons. The number of carbonyl (C=O) groups is 1. The Morgan fingerprint density at radius 3 is 2.59 bits per heavy atom. The van der Waals surface area contributed by atoms with Crippen LogP contribution in [0.1, 0.15) is 66.6 Å². The Morgan fingerprint density at radius 2 is 1.79 bits per heavy atom. The third-order valence-corrected chi connectivity index (χ3v) is 6.10. The van der Waals surface area contributed by atoms with Crippen LogP contribution in [0.3, 0.4) is 0 Å². The summed E-state index contributed by atoms with van der Waals surface area (Å²) in [7, 11) is 0. The maximum atomic E-state index is 11.8. The van der Waals surface area contributed by atoms with Crippen LogP contribution in [0.25, 0.3) is 10.8 Å². The molecule has 3 heteroatoms. The summed E-state index contributed by atoms with van der Waals surface area (Å²) in [5, 5.41) is 6.49. The molecule has 3 aromatic rings. The van der Waals surface area contributed by atoms with Crippen molar-refractivity contribution in [2.45, 2.75) is 51.1 Å². The fourth-order valence-electron chi connectivity index (χ4n) is 4.61. The normalized spacial score (nSPS) is 19.9. The van der Waals surface area contributed by atoms with E-state index in [-0.39, 0.29) is 5.97 Å². The Hall–Kier alpha value is -2.65. The molecular formula is C26H29NO2. The standard InChI is InChI=1S/C26H29NO2/c1-3-29-26(28)21-13-11-19(12-14-21)22-15-16-23(17-22)27-18(2)24-10-6-8-20-7-4-5-9-25(20)24/h4-14,18,22-23,27H,3,15-17H2,1-2H3/t18-,22+,23-/m1/s1. The smallest absolute Gasteiger partial charge is 0.338 e. The molecule has 4 rings (SSSR count). The largest absolute Gasteiger partial charge is 0.462 e. The molecule has 1 saturated carbocycles. The summed E-state index contributed by atoms with van der Waals surface area (Å²) in [5.41, 5.74) is 3.32. The number of fused-ring (bicyclic) bond motifs is 1. The van der Waals surface area contributed by atoms with Crippen LogP contribution in [-0.2, 0) is 4.74 Å². The summed E-state index contributed by atoms with van der Waals surface area (Å²) in [6.45, 7) is 4.51. The Labute approximate surface area is 173 Å². The lowest BCUT2D eigenvalue weighted by molar-refractivity contribution is 0.0526. The van der Waals surface area contributed by atoms with Gasteiger partial charge in [-0.25, -0.2) is 4.79 Å². The van der Waals surface area contributed by atoms with Crippen LogP contribution in [-0.4, -0.2) is 18.6 Å². The highest BCUT2D eigenvalue weighted by atomic mass is 16.5. The number of nitrogens with one attached hydrogen (secondary N) is 1. The molecule has 1 fully saturated rings. The average molecular weight is 388 g/mol. The maximum absolute atomic E-state index is 11.8. The molecule has 0 unspecified atom stereocenters. The van der Waals surface area contributed by atoms with Crippen LogP contribution in [0.5, 0.6) is 0 Å². The van der Waals surface area contributed by atoms with Crippen molar-refractivity contribution in [2.75, 3.05) is 6.61 Å². The molecule has 0 aliphatic heterocycles. The van der Waals surface area contributed by atoms with Gasteiger partial charge < -0.3 is 10.1 Å². The van der Waals surface area contributed by atoms with Gasteiger partial charge in [-0.05, 0) is 73.1 Å². The van der Waals surface area contributed by atoms with E-state index in [1.165, 1.54) is 34.7 Å². The van der Waals surface area contributed by atoms with E-state index in [0.717, 1.165) is 6.42 Å². The zero-order valence-electron chi connectivity index (χ0n) is 17.2. The van der Waals surface area contributed by atoms with Crippen molar-refractivity contribution >= 4 is 16.7 Å². The Bertz CT molecular complexity index is 974. The van der Waals surface area contributed by atoms with Crippen LogP contribution in [0.2, 0.25) is 0 Å². The van der Waals surface area contributed by atoms with Gasteiger partial charge in [0.2, 0.25) is 0 Å². The summed E-state index contributed by atoms with van der Waals surface area (Å²) in [5.74, 6) is 0.303. The molecule has 29 heavy (non-hydrogen) atoms. The van der Waals surface area contributed by atoms with Crippen molar-refractivity contribution in [1.82, 2.24) is 5.32 Å². The quantitative estimate of drug-likeness (QED) is 0.527. The first-order valence-electron chi connectivity index (χ1n) is 10.7. The average Bonchev–Trinajstić information content (AvgIpc) is 3.22. The fraction of sp³-hybridized carbons (Fsp3) is 0.346. The van der Waals surface area contributed by atoms with Gasteiger partial charge in [-0.3, -0.25) is 0 Å². The molecule has 3 aromatic carbocycles. The van der Waals surface area contributed by atoms with E-state index in [2.05, 4.69) is 66.8 Å². The Kier molecular flexibility index (Phi) is 5.96. The van der Waals surface area contributed by atoms with Crippen LogP contribution in [0.15, 0.2) is 66.7 Å². The highest BCUT2D eigenvalue weighted by Crippen LogP contribution is 2.36. The molecule has 0 radical (unpaired) electrons. The van der Waals surface area contributed by atoms with Gasteiger partial charge in [0.15, 0.2) is 0 Å². The number of hydrogen-bond donors (Lipinski definition) is 1. The number of benzene rings is 3. The van der Waals surface area contributed by atoms with Crippen molar-refractivity contribution in [3.05, 3.63) is 83.4 Å². The van der Waals surface area contributed by atoms with Crippen LogP contribution < -0.4 is 5.32 Å². The van der Waals surface area contributed by atoms with Crippen molar-refractivity contribution < 1.29 is 9.53 Å². The SMILES string of the molecule is CCOC(=O)c1ccc([C@H]2CC[C@@H](N[C@H](C)c3cccc4ccccc34)C2)cc1. The Balaban J connectivity index is 1.40. The molecule has 3 atom stereocenters. The molecule has 1 N–H and O–H groups in total. The van der Waals surface area contributed by atoms with Crippen molar-refractivity contribution in [3.63, 3.8) is 0 Å². The molecule has 0 saturated heterocycles. The van der Waals surface area contributed by atoms with E-state index in [0.29, 0.717) is 30.2 Å². The molecule has 1 aliphatic carbocycles. The first kappa shape index (κ1) is 19.7. The second-order valence-corrected chi connectivity index (χ2v) is 8.01. The maximum Gasteiger partial charge on any atom is 0.338 e. The predicted octanol–water partition coefficient (Wildman–Crippen LogP) is 6.00. The molecule has 0 amide bonds. The van der Waals surface area contributed by atoms with E-state index in [1.54, 1.807) is 0 Å². The van der Waals surface area contributed by atoms with Crippen molar-refractivity contribution in [1.29, 1.82) is 0 Å². The summed E-state index contributed by atoms with van der Waals surface area (Å²) in [4.78, 5) is 11.8. The second kappa shape index (κ2) is 8.79. The minimum atomic E-state index is -0.242. The lowest BCUT2D eigenvalue weighted by atomic mass is 9.96. The van der Waals surface area contributed by atoms with Gasteiger partial charge >= 0.3 is 5.97 Å². The lowest BCUT2D eigenvalue weighted by Crippen LogP contribution is -2.29. The molecule has 0 bridgehead atoms. The van der Waals surface area contributed by atoms with Crippen LogP contribution in [0.4, 0.5) is 0 Å². The third-order valence-electron chi connectivity index (χ3n) is 6.10. The van der Waals surface area contributed by atoms with Gasteiger partial charge in [0.1, 0.15) is 0 Å². The molecule has 1 aliphatic rings. The van der Waals surface area contributed by atoms with Crippen LogP contribution in [0, 0.1) is 0 Å². The molecular weight excluding hydrogens is 358 g/mol. The summed E-state index contributed by atoms with van der Waals surface area (Å²) >= 11 is 0. The van der Waals surface area contributed by atoms with E-state index < -0.39 is 0 Å². The zero-order valence-corrected chi connectivity index (χ0v) is 17.2. The van der Waals surface area contributed by atoms with Crippen LogP contribution >= 0.6 is 0 Å². The summed E-state index contributed by atoms with van der Waals surface area (Å²) in [6, 6.07) is 24.0. The highest BCUT2D eigenvalue weighted by Gasteiger charge is 2.27.